The molecule has 2 aliphatic rings. The molecule has 0 bridgehead atoms. The highest BCUT2D eigenvalue weighted by Gasteiger charge is 2.60. The molecule has 0 N–H and O–H groups in total. The minimum atomic E-state index is -1.92. The van der Waals surface area contributed by atoms with Crippen LogP contribution >= 0.6 is 11.8 Å². The number of aldehydes is 1. The zero-order chi connectivity index (χ0) is 24.6. The van der Waals surface area contributed by atoms with Gasteiger partial charge in [0, 0.05) is 18.7 Å². The SMILES string of the molecule is CC(C)(C)[Si](C)(C)OCC[C@H]1C(=O)N2C(C(=O)OCc3ccc([N+](=O)[O-])cc3)C(C=O)S[C@H]12. The van der Waals surface area contributed by atoms with Crippen LogP contribution in [-0.4, -0.2) is 59.6 Å². The lowest BCUT2D eigenvalue weighted by molar-refractivity contribution is -0.384. The van der Waals surface area contributed by atoms with Gasteiger partial charge in [0.15, 0.2) is 8.32 Å². The lowest BCUT2D eigenvalue weighted by Gasteiger charge is -2.44. The predicted octanol–water partition coefficient (Wildman–Crippen LogP) is 3.52. The summed E-state index contributed by atoms with van der Waals surface area (Å²) in [5.41, 5.74) is 0.519. The van der Waals surface area contributed by atoms with Gasteiger partial charge in [-0.15, -0.1) is 11.8 Å². The molecule has 0 spiro atoms. The lowest BCUT2D eigenvalue weighted by atomic mass is 9.92. The maximum absolute atomic E-state index is 12.8. The topological polar surface area (TPSA) is 116 Å². The Hall–Kier alpha value is -2.24. The number of rotatable bonds is 9. The Kier molecular flexibility index (Phi) is 7.35. The zero-order valence-corrected chi connectivity index (χ0v) is 21.3. The van der Waals surface area contributed by atoms with Crippen LogP contribution in [0.4, 0.5) is 5.69 Å². The van der Waals surface area contributed by atoms with Crippen LogP contribution in [0.5, 0.6) is 0 Å². The molecule has 33 heavy (non-hydrogen) atoms. The summed E-state index contributed by atoms with van der Waals surface area (Å²) in [5.74, 6) is -1.09. The molecule has 180 valence electrons. The molecule has 2 heterocycles. The van der Waals surface area contributed by atoms with Crippen LogP contribution < -0.4 is 0 Å². The molecule has 0 saturated carbocycles. The van der Waals surface area contributed by atoms with Crippen molar-refractivity contribution in [1.82, 2.24) is 4.90 Å². The van der Waals surface area contributed by atoms with Crippen molar-refractivity contribution in [3.05, 3.63) is 39.9 Å². The number of carbonyl (C=O) groups is 3. The van der Waals surface area contributed by atoms with Gasteiger partial charge in [0.05, 0.1) is 21.5 Å². The highest BCUT2D eigenvalue weighted by molar-refractivity contribution is 8.01. The van der Waals surface area contributed by atoms with Crippen LogP contribution in [0.2, 0.25) is 18.1 Å². The van der Waals surface area contributed by atoms with Gasteiger partial charge in [-0.2, -0.15) is 0 Å². The number of non-ortho nitro benzene ring substituents is 1. The van der Waals surface area contributed by atoms with E-state index in [1.165, 1.54) is 40.9 Å². The number of hydrogen-bond donors (Lipinski definition) is 0. The first-order chi connectivity index (χ1) is 15.4. The van der Waals surface area contributed by atoms with Gasteiger partial charge >= 0.3 is 5.97 Å². The van der Waals surface area contributed by atoms with Gasteiger partial charge in [0.2, 0.25) is 5.91 Å². The molecule has 11 heteroatoms. The summed E-state index contributed by atoms with van der Waals surface area (Å²) in [4.78, 5) is 48.9. The minimum absolute atomic E-state index is 0.0594. The van der Waals surface area contributed by atoms with E-state index in [0.717, 1.165) is 0 Å². The van der Waals surface area contributed by atoms with Crippen molar-refractivity contribution < 1.29 is 28.5 Å². The van der Waals surface area contributed by atoms with E-state index >= 15 is 0 Å². The number of nitro benzene ring substituents is 1. The van der Waals surface area contributed by atoms with E-state index in [4.69, 9.17) is 9.16 Å². The molecule has 9 nitrogen and oxygen atoms in total. The van der Waals surface area contributed by atoms with Crippen molar-refractivity contribution in [1.29, 1.82) is 0 Å². The van der Waals surface area contributed by atoms with Crippen LogP contribution in [0, 0.1) is 16.0 Å². The normalized spacial score (nSPS) is 24.8. The van der Waals surface area contributed by atoms with Crippen molar-refractivity contribution in [2.75, 3.05) is 6.61 Å². The second kappa shape index (κ2) is 9.55. The summed E-state index contributed by atoms with van der Waals surface area (Å²) < 4.78 is 11.5. The first-order valence-corrected chi connectivity index (χ1v) is 14.7. The highest BCUT2D eigenvalue weighted by atomic mass is 32.2. The molecular formula is C22H30N2O7SSi. The monoisotopic (exact) mass is 494 g/mol. The number of hydrogen-bond acceptors (Lipinski definition) is 8. The average Bonchev–Trinajstić information content (AvgIpc) is 3.09. The van der Waals surface area contributed by atoms with Gasteiger partial charge in [0.25, 0.3) is 5.69 Å². The molecular weight excluding hydrogens is 464 g/mol. The van der Waals surface area contributed by atoms with Crippen molar-refractivity contribution >= 4 is 43.9 Å². The molecule has 2 aliphatic heterocycles. The first-order valence-electron chi connectivity index (χ1n) is 10.8. The Balaban J connectivity index is 1.57. The fraction of sp³-hybridized carbons (Fsp3) is 0.591. The number of carbonyl (C=O) groups excluding carboxylic acids is 3. The lowest BCUT2D eigenvalue weighted by Crippen LogP contribution is -2.62. The second-order valence-electron chi connectivity index (χ2n) is 9.85. The Labute approximate surface area is 198 Å². The smallest absolute Gasteiger partial charge is 0.330 e. The molecule has 1 aromatic carbocycles. The number of nitrogens with zero attached hydrogens (tertiary/aromatic N) is 2. The molecule has 2 saturated heterocycles. The average molecular weight is 495 g/mol. The molecule has 2 unspecified atom stereocenters. The number of nitro groups is 1. The van der Waals surface area contributed by atoms with Gasteiger partial charge in [-0.1, -0.05) is 20.8 Å². The molecule has 0 aliphatic carbocycles. The summed E-state index contributed by atoms with van der Waals surface area (Å²) in [6, 6.07) is 4.70. The number of β-lactam (4-membered cyclic amide) rings is 1. The third-order valence-electron chi connectivity index (χ3n) is 6.70. The van der Waals surface area contributed by atoms with Crippen LogP contribution in [0.3, 0.4) is 0 Å². The second-order valence-corrected chi connectivity index (χ2v) is 16.0. The third kappa shape index (κ3) is 5.14. The summed E-state index contributed by atoms with van der Waals surface area (Å²) in [6.45, 7) is 11.2. The number of benzene rings is 1. The van der Waals surface area contributed by atoms with E-state index < -0.39 is 30.5 Å². The Morgan fingerprint density at radius 1 is 1.27 bits per heavy atom. The largest absolute Gasteiger partial charge is 0.459 e. The number of esters is 1. The predicted molar refractivity (Wildman–Crippen MR) is 126 cm³/mol. The van der Waals surface area contributed by atoms with Crippen LogP contribution in [0.15, 0.2) is 24.3 Å². The van der Waals surface area contributed by atoms with Crippen molar-refractivity contribution in [3.8, 4) is 0 Å². The summed E-state index contributed by atoms with van der Waals surface area (Å²) in [5, 5.41) is 9.90. The first kappa shape index (κ1) is 25.4. The molecule has 0 aromatic heterocycles. The van der Waals surface area contributed by atoms with Gasteiger partial charge in [-0.3, -0.25) is 14.9 Å². The van der Waals surface area contributed by atoms with E-state index in [2.05, 4.69) is 33.9 Å². The van der Waals surface area contributed by atoms with Gasteiger partial charge in [0.1, 0.15) is 18.9 Å². The molecule has 3 rings (SSSR count). The summed E-state index contributed by atoms with van der Waals surface area (Å²) in [6.07, 6.45) is 1.24. The van der Waals surface area contributed by atoms with E-state index in [1.54, 1.807) is 0 Å². The fourth-order valence-corrected chi connectivity index (χ4v) is 6.28. The standard InChI is InChI=1S/C22H30N2O7SSi/c1-22(2,3)33(4,5)31-11-10-16-19(26)23-18(17(12-25)32-20(16)23)21(27)30-13-14-6-8-15(9-7-14)24(28)29/h6-9,12,16-18,20H,10-11,13H2,1-5H3/t16-,17?,18?,20+/m0/s1. The quantitative estimate of drug-likeness (QED) is 0.128. The number of fused-ring (bicyclic) bond motifs is 1. The van der Waals surface area contributed by atoms with E-state index in [9.17, 15) is 24.5 Å². The Morgan fingerprint density at radius 2 is 1.91 bits per heavy atom. The molecule has 1 aromatic rings. The van der Waals surface area contributed by atoms with Crippen LogP contribution in [-0.2, 0) is 30.2 Å². The highest BCUT2D eigenvalue weighted by Crippen LogP contribution is 2.48. The minimum Gasteiger partial charge on any atom is -0.459 e. The maximum atomic E-state index is 12.8. The number of amides is 1. The summed E-state index contributed by atoms with van der Waals surface area (Å²) in [7, 11) is -1.92. The van der Waals surface area contributed by atoms with Crippen LogP contribution in [0.1, 0.15) is 32.8 Å². The fourth-order valence-electron chi connectivity index (χ4n) is 3.63. The third-order valence-corrected chi connectivity index (χ3v) is 12.8. The number of ether oxygens (including phenoxy) is 1. The van der Waals surface area contributed by atoms with Gasteiger partial charge < -0.3 is 18.9 Å². The maximum Gasteiger partial charge on any atom is 0.330 e. The van der Waals surface area contributed by atoms with Gasteiger partial charge in [-0.05, 0) is 42.2 Å². The molecule has 2 fully saturated rings. The van der Waals surface area contributed by atoms with Crippen molar-refractivity contribution in [2.24, 2.45) is 5.92 Å². The number of thioether (sulfide) groups is 1. The molecule has 4 atom stereocenters. The van der Waals surface area contributed by atoms with Crippen molar-refractivity contribution in [2.45, 2.75) is 68.6 Å². The van der Waals surface area contributed by atoms with Crippen molar-refractivity contribution in [3.63, 3.8) is 0 Å². The Bertz CT molecular complexity index is 932. The Morgan fingerprint density at radius 3 is 2.45 bits per heavy atom. The van der Waals surface area contributed by atoms with E-state index in [0.29, 0.717) is 24.9 Å². The van der Waals surface area contributed by atoms with Crippen LogP contribution in [0.25, 0.3) is 0 Å². The van der Waals surface area contributed by atoms with E-state index in [1.807, 2.05) is 0 Å². The molecule has 1 amide bonds. The summed E-state index contributed by atoms with van der Waals surface area (Å²) >= 11 is 1.32. The van der Waals surface area contributed by atoms with Gasteiger partial charge in [-0.25, -0.2) is 4.79 Å². The zero-order valence-electron chi connectivity index (χ0n) is 19.5. The van der Waals surface area contributed by atoms with E-state index in [-0.39, 0.29) is 34.5 Å². The molecule has 0 radical (unpaired) electrons.